The van der Waals surface area contributed by atoms with Crippen LogP contribution in [-0.2, 0) is 11.3 Å². The van der Waals surface area contributed by atoms with E-state index in [4.69, 9.17) is 16.7 Å². The smallest absolute Gasteiger partial charge is 0.310 e. The molecule has 10 heteroatoms. The van der Waals surface area contributed by atoms with Crippen LogP contribution < -0.4 is 5.32 Å². The van der Waals surface area contributed by atoms with Gasteiger partial charge in [-0.05, 0) is 35.4 Å². The number of amides is 3. The number of nitrogens with zero attached hydrogens (tertiary/aromatic N) is 5. The fraction of sp³-hybridized carbons (Fsp3) is 0.318. The number of nitrogens with one attached hydrogen (secondary N) is 1. The summed E-state index contributed by atoms with van der Waals surface area (Å²) in [6.07, 6.45) is -0.886. The number of rotatable bonds is 3. The molecule has 0 saturated carbocycles. The van der Waals surface area contributed by atoms with E-state index in [1.165, 1.54) is 19.2 Å². The van der Waals surface area contributed by atoms with Crippen LogP contribution >= 0.6 is 11.6 Å². The Morgan fingerprint density at radius 2 is 1.78 bits per heavy atom. The average Bonchev–Trinajstić information content (AvgIpc) is 3.18. The largest absolute Gasteiger partial charge is 0.327 e. The number of carbonyl (C=O) groups excluding carboxylic acids is 2. The van der Waals surface area contributed by atoms with Gasteiger partial charge in [0.15, 0.2) is 6.29 Å². The summed E-state index contributed by atoms with van der Waals surface area (Å²) in [5.74, 6) is -0.564. The molecule has 32 heavy (non-hydrogen) atoms. The predicted molar refractivity (Wildman–Crippen MR) is 117 cm³/mol. The zero-order chi connectivity index (χ0) is 22.6. The van der Waals surface area contributed by atoms with E-state index in [1.54, 1.807) is 36.2 Å². The second kappa shape index (κ2) is 7.84. The lowest BCUT2D eigenvalue weighted by Gasteiger charge is -2.41. The van der Waals surface area contributed by atoms with E-state index in [9.17, 15) is 14.0 Å². The molecular weight excluding hydrogens is 435 g/mol. The van der Waals surface area contributed by atoms with E-state index in [1.807, 2.05) is 22.0 Å². The summed E-state index contributed by atoms with van der Waals surface area (Å²) in [5, 5.41) is 10.7. The Balaban J connectivity index is 1.53. The number of imide groups is 1. The molecule has 5 rings (SSSR count). The molecule has 2 saturated heterocycles. The molecule has 2 fully saturated rings. The van der Waals surface area contributed by atoms with Crippen molar-refractivity contribution < 1.29 is 14.0 Å². The standard InChI is InChI=1S/C22H22ClFN6O2/c1-27-19-18(20(31)28(2)22(27)32)29-12-17(14-5-7-15(23)8-6-14)26-30(21(29)25-19)11-13-3-9-16(24)10-4-13/h3-10,18-19,21,25H,11-12H2,1-2H3. The molecule has 0 bridgehead atoms. The van der Waals surface area contributed by atoms with Gasteiger partial charge in [-0.3, -0.25) is 20.0 Å². The molecule has 8 nitrogen and oxygen atoms in total. The van der Waals surface area contributed by atoms with Gasteiger partial charge in [-0.1, -0.05) is 35.9 Å². The number of benzene rings is 2. The molecule has 3 heterocycles. The van der Waals surface area contributed by atoms with Crippen molar-refractivity contribution >= 4 is 29.3 Å². The van der Waals surface area contributed by atoms with Gasteiger partial charge in [-0.15, -0.1) is 0 Å². The first kappa shape index (κ1) is 20.9. The van der Waals surface area contributed by atoms with Gasteiger partial charge in [0.05, 0.1) is 12.3 Å². The Morgan fingerprint density at radius 1 is 1.09 bits per heavy atom. The average molecular weight is 457 g/mol. The second-order valence-corrected chi connectivity index (χ2v) is 8.61. The molecule has 3 atom stereocenters. The third kappa shape index (κ3) is 3.42. The Bertz CT molecular complexity index is 1090. The number of likely N-dealkylation sites (N-methyl/N-ethyl adjacent to an activating group) is 2. The van der Waals surface area contributed by atoms with Crippen LogP contribution in [0.5, 0.6) is 0 Å². The van der Waals surface area contributed by atoms with Crippen molar-refractivity contribution in [3.8, 4) is 0 Å². The zero-order valence-corrected chi connectivity index (χ0v) is 18.3. The monoisotopic (exact) mass is 456 g/mol. The molecule has 166 valence electrons. The molecule has 0 aromatic heterocycles. The van der Waals surface area contributed by atoms with E-state index in [0.29, 0.717) is 18.1 Å². The van der Waals surface area contributed by atoms with Crippen molar-refractivity contribution in [2.45, 2.75) is 25.0 Å². The predicted octanol–water partition coefficient (Wildman–Crippen LogP) is 2.11. The van der Waals surface area contributed by atoms with Gasteiger partial charge in [0.1, 0.15) is 18.0 Å². The van der Waals surface area contributed by atoms with Gasteiger partial charge >= 0.3 is 6.03 Å². The highest BCUT2D eigenvalue weighted by Gasteiger charge is 2.55. The topological polar surface area (TPSA) is 71.5 Å². The van der Waals surface area contributed by atoms with Crippen LogP contribution in [-0.4, -0.2) is 76.5 Å². The summed E-state index contributed by atoms with van der Waals surface area (Å²) in [5.41, 5.74) is 2.54. The maximum absolute atomic E-state index is 13.4. The molecule has 2 aromatic carbocycles. The van der Waals surface area contributed by atoms with Crippen molar-refractivity contribution in [2.24, 2.45) is 5.10 Å². The lowest BCUT2D eigenvalue weighted by Crippen LogP contribution is -2.65. The minimum Gasteiger partial charge on any atom is -0.310 e. The number of halogens is 2. The van der Waals surface area contributed by atoms with E-state index >= 15 is 0 Å². The van der Waals surface area contributed by atoms with Crippen molar-refractivity contribution in [1.29, 1.82) is 0 Å². The molecule has 3 aliphatic heterocycles. The van der Waals surface area contributed by atoms with Crippen LogP contribution in [0.4, 0.5) is 9.18 Å². The van der Waals surface area contributed by atoms with E-state index < -0.39 is 18.5 Å². The lowest BCUT2D eigenvalue weighted by molar-refractivity contribution is -0.137. The molecule has 3 amide bonds. The summed E-state index contributed by atoms with van der Waals surface area (Å²) in [6, 6.07) is 12.7. The van der Waals surface area contributed by atoms with Crippen molar-refractivity contribution in [3.05, 3.63) is 70.5 Å². The second-order valence-electron chi connectivity index (χ2n) is 8.17. The number of urea groups is 1. The molecule has 2 aromatic rings. The fourth-order valence-corrected chi connectivity index (χ4v) is 4.59. The summed E-state index contributed by atoms with van der Waals surface area (Å²) >= 11 is 6.06. The van der Waals surface area contributed by atoms with Crippen molar-refractivity contribution in [2.75, 3.05) is 20.6 Å². The maximum atomic E-state index is 13.4. The van der Waals surface area contributed by atoms with E-state index in [2.05, 4.69) is 5.32 Å². The molecule has 3 unspecified atom stereocenters. The fourth-order valence-electron chi connectivity index (χ4n) is 4.47. The zero-order valence-electron chi connectivity index (χ0n) is 17.6. The van der Waals surface area contributed by atoms with E-state index in [-0.39, 0.29) is 17.8 Å². The third-order valence-electron chi connectivity index (χ3n) is 6.18. The van der Waals surface area contributed by atoms with Gasteiger partial charge < -0.3 is 4.90 Å². The first-order valence-corrected chi connectivity index (χ1v) is 10.6. The molecule has 3 aliphatic rings. The first-order chi connectivity index (χ1) is 15.3. The number of hydrazone groups is 1. The number of carbonyl (C=O) groups is 2. The van der Waals surface area contributed by atoms with Crippen molar-refractivity contribution in [1.82, 2.24) is 25.0 Å². The van der Waals surface area contributed by atoms with Crippen LogP contribution in [0.2, 0.25) is 5.02 Å². The maximum Gasteiger partial charge on any atom is 0.327 e. The Labute approximate surface area is 189 Å². The minimum atomic E-state index is -0.554. The Hall–Kier alpha value is -3.01. The van der Waals surface area contributed by atoms with Crippen molar-refractivity contribution in [3.63, 3.8) is 0 Å². The first-order valence-electron chi connectivity index (χ1n) is 10.2. The molecule has 0 aliphatic carbocycles. The Kier molecular flexibility index (Phi) is 5.11. The minimum absolute atomic E-state index is 0.257. The van der Waals surface area contributed by atoms with Crippen LogP contribution in [0.25, 0.3) is 0 Å². The van der Waals surface area contributed by atoms with Gasteiger partial charge in [-0.2, -0.15) is 5.10 Å². The quantitative estimate of drug-likeness (QED) is 0.766. The van der Waals surface area contributed by atoms with Gasteiger partial charge in [0.2, 0.25) is 0 Å². The van der Waals surface area contributed by atoms with Crippen LogP contribution in [0.1, 0.15) is 11.1 Å². The van der Waals surface area contributed by atoms with Gasteiger partial charge in [0.25, 0.3) is 5.91 Å². The Morgan fingerprint density at radius 3 is 2.47 bits per heavy atom. The van der Waals surface area contributed by atoms with Crippen LogP contribution in [0.3, 0.4) is 0 Å². The van der Waals surface area contributed by atoms with Gasteiger partial charge in [-0.25, -0.2) is 14.1 Å². The summed E-state index contributed by atoms with van der Waals surface area (Å²) in [4.78, 5) is 30.3. The number of hydrogen-bond donors (Lipinski definition) is 1. The number of hydrogen-bond acceptors (Lipinski definition) is 6. The normalized spacial score (nSPS) is 25.7. The highest BCUT2D eigenvalue weighted by molar-refractivity contribution is 6.30. The molecule has 0 radical (unpaired) electrons. The highest BCUT2D eigenvalue weighted by Crippen LogP contribution is 2.31. The lowest BCUT2D eigenvalue weighted by atomic mass is 10.1. The summed E-state index contributed by atoms with van der Waals surface area (Å²) in [7, 11) is 3.18. The summed E-state index contributed by atoms with van der Waals surface area (Å²) < 4.78 is 13.4. The highest BCUT2D eigenvalue weighted by atomic mass is 35.5. The summed E-state index contributed by atoms with van der Waals surface area (Å²) in [6.45, 7) is 0.814. The van der Waals surface area contributed by atoms with Crippen LogP contribution in [0, 0.1) is 5.82 Å². The molecule has 0 spiro atoms. The number of fused-ring (bicyclic) bond motifs is 3. The third-order valence-corrected chi connectivity index (χ3v) is 6.43. The van der Waals surface area contributed by atoms with E-state index in [0.717, 1.165) is 21.7 Å². The SMILES string of the molecule is CN1C(=O)C2C(NC3N(Cc4ccc(F)cc4)N=C(c4ccc(Cl)cc4)CN23)N(C)C1=O. The molecule has 1 N–H and O–H groups in total. The van der Waals surface area contributed by atoms with Crippen LogP contribution in [0.15, 0.2) is 53.6 Å². The van der Waals surface area contributed by atoms with Gasteiger partial charge in [0, 0.05) is 25.7 Å². The molecular formula is C22H22ClFN6O2.